The van der Waals surface area contributed by atoms with Crippen LogP contribution in [0.3, 0.4) is 0 Å². The van der Waals surface area contributed by atoms with E-state index < -0.39 is 0 Å². The van der Waals surface area contributed by atoms with Crippen molar-refractivity contribution in [3.63, 3.8) is 0 Å². The van der Waals surface area contributed by atoms with Crippen molar-refractivity contribution >= 4 is 5.91 Å². The number of benzene rings is 1. The van der Waals surface area contributed by atoms with Gasteiger partial charge in [0.1, 0.15) is 0 Å². The highest BCUT2D eigenvalue weighted by atomic mass is 16.1. The fraction of sp³-hybridized carbons (Fsp3) is 0.682. The van der Waals surface area contributed by atoms with Gasteiger partial charge in [-0.15, -0.1) is 0 Å². The molecule has 4 nitrogen and oxygen atoms in total. The van der Waals surface area contributed by atoms with Crippen LogP contribution in [0.25, 0.3) is 0 Å². The molecule has 1 heterocycles. The number of nitrogens with zero attached hydrogens (tertiary/aromatic N) is 2. The lowest BCUT2D eigenvalue weighted by Gasteiger charge is -2.39. The van der Waals surface area contributed by atoms with Gasteiger partial charge in [-0.3, -0.25) is 9.69 Å². The second kappa shape index (κ2) is 9.01. The minimum absolute atomic E-state index is 0.153. The number of hydrogen-bond donors (Lipinski definition) is 1. The second-order valence-electron chi connectivity index (χ2n) is 8.44. The molecule has 1 saturated heterocycles. The highest BCUT2D eigenvalue weighted by Crippen LogP contribution is 2.22. The van der Waals surface area contributed by atoms with E-state index in [0.717, 1.165) is 38.3 Å². The molecule has 1 aliphatic carbocycles. The van der Waals surface area contributed by atoms with E-state index in [4.69, 9.17) is 0 Å². The molecule has 3 rings (SSSR count). The molecule has 1 atom stereocenters. The minimum Gasteiger partial charge on any atom is -0.354 e. The molecule has 2 aliphatic rings. The summed E-state index contributed by atoms with van der Waals surface area (Å²) in [6, 6.07) is 7.06. The average Bonchev–Trinajstić information content (AvgIpc) is 2.63. The van der Waals surface area contributed by atoms with E-state index in [1.54, 1.807) is 0 Å². The Morgan fingerprint density at radius 3 is 2.46 bits per heavy atom. The number of nitrogens with one attached hydrogen (secondary N) is 1. The van der Waals surface area contributed by atoms with Crippen LogP contribution in [-0.2, 0) is 24.1 Å². The Bertz CT molecular complexity index is 605. The minimum atomic E-state index is 0.153. The van der Waals surface area contributed by atoms with Crippen LogP contribution in [0, 0.1) is 5.92 Å². The largest absolute Gasteiger partial charge is 0.354 e. The van der Waals surface area contributed by atoms with E-state index in [2.05, 4.69) is 54.2 Å². The number of fused-ring (bicyclic) bond motifs is 1. The van der Waals surface area contributed by atoms with Gasteiger partial charge in [-0.25, -0.2) is 0 Å². The van der Waals surface area contributed by atoms with Gasteiger partial charge in [0.05, 0.1) is 6.42 Å². The maximum Gasteiger partial charge on any atom is 0.224 e. The Kier molecular flexibility index (Phi) is 6.71. The quantitative estimate of drug-likeness (QED) is 0.850. The lowest BCUT2D eigenvalue weighted by atomic mass is 9.90. The molecule has 1 N–H and O–H groups in total. The first-order chi connectivity index (χ1) is 12.5. The first kappa shape index (κ1) is 19.4. The molecular formula is C22H35N3O. The summed E-state index contributed by atoms with van der Waals surface area (Å²) in [5.41, 5.74) is 4.10. The smallest absolute Gasteiger partial charge is 0.224 e. The molecule has 0 aromatic heterocycles. The van der Waals surface area contributed by atoms with Gasteiger partial charge in [0.2, 0.25) is 5.91 Å². The Hall–Kier alpha value is -1.39. The lowest BCUT2D eigenvalue weighted by Crippen LogP contribution is -2.54. The summed E-state index contributed by atoms with van der Waals surface area (Å²) in [7, 11) is 2.18. The average molecular weight is 358 g/mol. The Labute approximate surface area is 158 Å². The van der Waals surface area contributed by atoms with Crippen LogP contribution in [0.4, 0.5) is 0 Å². The molecule has 1 aromatic carbocycles. The van der Waals surface area contributed by atoms with Crippen LogP contribution >= 0.6 is 0 Å². The van der Waals surface area contributed by atoms with Gasteiger partial charge in [0, 0.05) is 38.8 Å². The molecule has 1 aliphatic heterocycles. The Balaban J connectivity index is 1.52. The maximum absolute atomic E-state index is 12.5. The van der Waals surface area contributed by atoms with E-state index >= 15 is 0 Å². The molecule has 1 fully saturated rings. The van der Waals surface area contributed by atoms with Crippen LogP contribution in [0.1, 0.15) is 43.4 Å². The van der Waals surface area contributed by atoms with Crippen LogP contribution in [0.2, 0.25) is 0 Å². The van der Waals surface area contributed by atoms with E-state index in [-0.39, 0.29) is 5.91 Å². The number of carbonyl (C=O) groups excluding carboxylic acids is 1. The molecule has 0 saturated carbocycles. The van der Waals surface area contributed by atoms with Crippen LogP contribution < -0.4 is 5.32 Å². The van der Waals surface area contributed by atoms with Gasteiger partial charge in [-0.05, 0) is 55.3 Å². The first-order valence-corrected chi connectivity index (χ1v) is 10.3. The van der Waals surface area contributed by atoms with E-state index in [9.17, 15) is 4.79 Å². The van der Waals surface area contributed by atoms with Crippen molar-refractivity contribution in [3.05, 3.63) is 34.9 Å². The van der Waals surface area contributed by atoms with Crippen molar-refractivity contribution < 1.29 is 4.79 Å². The molecular weight excluding hydrogens is 322 g/mol. The Morgan fingerprint density at radius 1 is 1.08 bits per heavy atom. The van der Waals surface area contributed by atoms with E-state index in [0.29, 0.717) is 18.4 Å². The van der Waals surface area contributed by atoms with Crippen molar-refractivity contribution in [2.75, 3.05) is 39.8 Å². The summed E-state index contributed by atoms with van der Waals surface area (Å²) in [6.45, 7) is 9.71. The van der Waals surface area contributed by atoms with Crippen LogP contribution in [-0.4, -0.2) is 61.5 Å². The van der Waals surface area contributed by atoms with Crippen molar-refractivity contribution in [2.24, 2.45) is 5.92 Å². The topological polar surface area (TPSA) is 35.6 Å². The number of amides is 1. The zero-order chi connectivity index (χ0) is 18.5. The number of carbonyl (C=O) groups is 1. The Morgan fingerprint density at radius 2 is 1.77 bits per heavy atom. The number of likely N-dealkylation sites (N-methyl/N-ethyl adjacent to an activating group) is 1. The zero-order valence-electron chi connectivity index (χ0n) is 16.8. The van der Waals surface area contributed by atoms with Crippen molar-refractivity contribution in [2.45, 2.75) is 52.0 Å². The first-order valence-electron chi connectivity index (χ1n) is 10.3. The second-order valence-corrected chi connectivity index (χ2v) is 8.44. The molecule has 26 heavy (non-hydrogen) atoms. The number of rotatable bonds is 6. The van der Waals surface area contributed by atoms with Gasteiger partial charge < -0.3 is 10.2 Å². The van der Waals surface area contributed by atoms with Gasteiger partial charge in [-0.2, -0.15) is 0 Å². The van der Waals surface area contributed by atoms with Crippen molar-refractivity contribution in [1.82, 2.24) is 15.1 Å². The number of piperazine rings is 1. The van der Waals surface area contributed by atoms with Crippen LogP contribution in [0.5, 0.6) is 0 Å². The highest BCUT2D eigenvalue weighted by Gasteiger charge is 2.25. The maximum atomic E-state index is 12.5. The molecule has 1 unspecified atom stereocenters. The zero-order valence-corrected chi connectivity index (χ0v) is 16.8. The third kappa shape index (κ3) is 5.08. The van der Waals surface area contributed by atoms with Crippen molar-refractivity contribution in [3.8, 4) is 0 Å². The van der Waals surface area contributed by atoms with Gasteiger partial charge >= 0.3 is 0 Å². The molecule has 1 aromatic rings. The van der Waals surface area contributed by atoms with Gasteiger partial charge in [-0.1, -0.05) is 32.0 Å². The van der Waals surface area contributed by atoms with Crippen LogP contribution in [0.15, 0.2) is 18.2 Å². The molecule has 0 spiro atoms. The summed E-state index contributed by atoms with van der Waals surface area (Å²) in [6.07, 6.45) is 5.45. The highest BCUT2D eigenvalue weighted by molar-refractivity contribution is 5.78. The van der Waals surface area contributed by atoms with E-state index in [1.165, 1.54) is 36.8 Å². The number of aryl methyl sites for hydroxylation is 2. The standard InChI is InChI=1S/C22H35N3O/c1-17(2)21(25-12-10-24(3)11-13-25)16-23-22(26)15-18-8-9-19-6-4-5-7-20(19)14-18/h8-9,14,17,21H,4-7,10-13,15-16H2,1-3H3,(H,23,26). The molecule has 144 valence electrons. The van der Waals surface area contributed by atoms with Gasteiger partial charge in [0.15, 0.2) is 0 Å². The summed E-state index contributed by atoms with van der Waals surface area (Å²) >= 11 is 0. The van der Waals surface area contributed by atoms with Gasteiger partial charge in [0.25, 0.3) is 0 Å². The summed E-state index contributed by atoms with van der Waals surface area (Å²) in [5.74, 6) is 0.697. The summed E-state index contributed by atoms with van der Waals surface area (Å²) < 4.78 is 0. The molecule has 4 heteroatoms. The fourth-order valence-electron chi connectivity index (χ4n) is 4.30. The third-order valence-corrected chi connectivity index (χ3v) is 6.06. The lowest BCUT2D eigenvalue weighted by molar-refractivity contribution is -0.120. The third-order valence-electron chi connectivity index (χ3n) is 6.06. The number of hydrogen-bond acceptors (Lipinski definition) is 3. The predicted molar refractivity (Wildman–Crippen MR) is 107 cm³/mol. The molecule has 0 bridgehead atoms. The molecule has 1 amide bonds. The summed E-state index contributed by atoms with van der Waals surface area (Å²) in [5, 5.41) is 3.21. The normalized spacial score (nSPS) is 20.0. The predicted octanol–water partition coefficient (Wildman–Crippen LogP) is 2.50. The van der Waals surface area contributed by atoms with E-state index in [1.807, 2.05) is 0 Å². The molecule has 0 radical (unpaired) electrons. The fourth-order valence-corrected chi connectivity index (χ4v) is 4.30. The van der Waals surface area contributed by atoms with Crippen molar-refractivity contribution in [1.29, 1.82) is 0 Å². The monoisotopic (exact) mass is 357 g/mol. The summed E-state index contributed by atoms with van der Waals surface area (Å²) in [4.78, 5) is 17.4. The SMILES string of the molecule is CC(C)C(CNC(=O)Cc1ccc2c(c1)CCCC2)N1CCN(C)CC1.